The number of rotatable bonds is 1. The van der Waals surface area contributed by atoms with Crippen LogP contribution in [-0.2, 0) is 0 Å². The maximum atomic E-state index is 5.89. The van der Waals surface area contributed by atoms with Crippen molar-refractivity contribution in [1.82, 2.24) is 0 Å². The Bertz CT molecular complexity index is 344. The molecule has 2 atom stereocenters. The highest BCUT2D eigenvalue weighted by Crippen LogP contribution is 2.24. The average molecular weight is 201 g/mol. The van der Waals surface area contributed by atoms with E-state index in [2.05, 4.69) is 43.4 Å². The molecule has 80 valence electrons. The van der Waals surface area contributed by atoms with Crippen molar-refractivity contribution in [2.75, 3.05) is 0 Å². The predicted molar refractivity (Wildman–Crippen MR) is 65.4 cm³/mol. The zero-order valence-electron chi connectivity index (χ0n) is 9.32. The second kappa shape index (κ2) is 4.63. The van der Waals surface area contributed by atoms with Crippen LogP contribution in [0.3, 0.4) is 0 Å². The van der Waals surface area contributed by atoms with E-state index < -0.39 is 0 Å². The van der Waals surface area contributed by atoms with Gasteiger partial charge in [-0.25, -0.2) is 0 Å². The van der Waals surface area contributed by atoms with Crippen LogP contribution in [0.2, 0.25) is 0 Å². The highest BCUT2D eigenvalue weighted by Gasteiger charge is 2.08. The summed E-state index contributed by atoms with van der Waals surface area (Å²) in [5.74, 6) is 0.686. The van der Waals surface area contributed by atoms with Crippen LogP contribution in [0.1, 0.15) is 26.2 Å². The number of hydrogen-bond acceptors (Lipinski definition) is 1. The third-order valence-electron chi connectivity index (χ3n) is 3.03. The SMILES string of the molecule is CC1C=CC(C2=CCCC(N)C=C2)=CC1. The Morgan fingerprint density at radius 2 is 1.87 bits per heavy atom. The fraction of sp³-hybridized carbons (Fsp3) is 0.429. The van der Waals surface area contributed by atoms with Gasteiger partial charge in [-0.2, -0.15) is 0 Å². The monoisotopic (exact) mass is 201 g/mol. The molecule has 0 aromatic rings. The van der Waals surface area contributed by atoms with Crippen molar-refractivity contribution in [2.24, 2.45) is 11.7 Å². The minimum Gasteiger partial charge on any atom is -0.324 e. The Hall–Kier alpha value is -1.08. The summed E-state index contributed by atoms with van der Waals surface area (Å²) in [6.07, 6.45) is 16.7. The number of nitrogens with two attached hydrogens (primary N) is 1. The molecule has 15 heavy (non-hydrogen) atoms. The first-order chi connectivity index (χ1) is 7.25. The Labute approximate surface area is 92.1 Å². The van der Waals surface area contributed by atoms with Gasteiger partial charge in [0.1, 0.15) is 0 Å². The topological polar surface area (TPSA) is 26.0 Å². The lowest BCUT2D eigenvalue weighted by atomic mass is 9.94. The molecular weight excluding hydrogens is 182 g/mol. The molecule has 0 radical (unpaired) electrons. The smallest absolute Gasteiger partial charge is 0.0229 e. The van der Waals surface area contributed by atoms with Gasteiger partial charge in [-0.3, -0.25) is 0 Å². The molecule has 1 heteroatoms. The van der Waals surface area contributed by atoms with E-state index in [1.54, 1.807) is 0 Å². The molecular formula is C14H19N. The van der Waals surface area contributed by atoms with Crippen LogP contribution in [0, 0.1) is 5.92 Å². The van der Waals surface area contributed by atoms with Gasteiger partial charge in [0.25, 0.3) is 0 Å². The van der Waals surface area contributed by atoms with Crippen molar-refractivity contribution in [3.8, 4) is 0 Å². The van der Waals surface area contributed by atoms with Gasteiger partial charge in [-0.15, -0.1) is 0 Å². The number of hydrogen-bond donors (Lipinski definition) is 1. The molecule has 0 aromatic carbocycles. The molecule has 0 spiro atoms. The quantitative estimate of drug-likeness (QED) is 0.693. The molecule has 2 unspecified atom stereocenters. The van der Waals surface area contributed by atoms with Crippen molar-refractivity contribution in [3.05, 3.63) is 47.6 Å². The van der Waals surface area contributed by atoms with Crippen LogP contribution >= 0.6 is 0 Å². The van der Waals surface area contributed by atoms with Gasteiger partial charge in [-0.1, -0.05) is 43.4 Å². The summed E-state index contributed by atoms with van der Waals surface area (Å²) in [7, 11) is 0. The molecule has 2 aliphatic rings. The van der Waals surface area contributed by atoms with Gasteiger partial charge in [0, 0.05) is 6.04 Å². The van der Waals surface area contributed by atoms with Crippen LogP contribution in [0.15, 0.2) is 47.6 Å². The Morgan fingerprint density at radius 1 is 1.13 bits per heavy atom. The molecule has 2 aliphatic carbocycles. The van der Waals surface area contributed by atoms with E-state index in [9.17, 15) is 0 Å². The normalized spacial score (nSPS) is 30.8. The molecule has 0 fully saturated rings. The van der Waals surface area contributed by atoms with Gasteiger partial charge in [0.2, 0.25) is 0 Å². The molecule has 0 saturated carbocycles. The van der Waals surface area contributed by atoms with Crippen LogP contribution in [0.5, 0.6) is 0 Å². The van der Waals surface area contributed by atoms with Gasteiger partial charge >= 0.3 is 0 Å². The maximum absolute atomic E-state index is 5.89. The largest absolute Gasteiger partial charge is 0.324 e. The van der Waals surface area contributed by atoms with Crippen LogP contribution in [-0.4, -0.2) is 6.04 Å². The molecule has 0 aromatic heterocycles. The second-order valence-electron chi connectivity index (χ2n) is 4.49. The van der Waals surface area contributed by atoms with Crippen molar-refractivity contribution in [2.45, 2.75) is 32.2 Å². The summed E-state index contributed by atoms with van der Waals surface area (Å²) in [6, 6.07) is 0.228. The minimum absolute atomic E-state index is 0.228. The Kier molecular flexibility index (Phi) is 3.22. The third-order valence-corrected chi connectivity index (χ3v) is 3.03. The fourth-order valence-corrected chi connectivity index (χ4v) is 1.98. The molecule has 0 heterocycles. The van der Waals surface area contributed by atoms with Crippen molar-refractivity contribution >= 4 is 0 Å². The lowest BCUT2D eigenvalue weighted by Gasteiger charge is -2.12. The molecule has 0 saturated heterocycles. The minimum atomic E-state index is 0.228. The lowest BCUT2D eigenvalue weighted by Crippen LogP contribution is -2.15. The van der Waals surface area contributed by atoms with E-state index in [1.165, 1.54) is 11.1 Å². The Morgan fingerprint density at radius 3 is 2.60 bits per heavy atom. The third kappa shape index (κ3) is 2.69. The number of allylic oxidation sites excluding steroid dienone is 7. The van der Waals surface area contributed by atoms with E-state index in [0.717, 1.165) is 19.3 Å². The summed E-state index contributed by atoms with van der Waals surface area (Å²) in [6.45, 7) is 2.25. The highest BCUT2D eigenvalue weighted by atomic mass is 14.6. The van der Waals surface area contributed by atoms with Crippen molar-refractivity contribution < 1.29 is 0 Å². The molecule has 2 rings (SSSR count). The first kappa shape index (κ1) is 10.4. The molecule has 2 N–H and O–H groups in total. The molecule has 0 amide bonds. The van der Waals surface area contributed by atoms with Crippen molar-refractivity contribution in [1.29, 1.82) is 0 Å². The fourth-order valence-electron chi connectivity index (χ4n) is 1.98. The summed E-state index contributed by atoms with van der Waals surface area (Å²) >= 11 is 0. The zero-order valence-corrected chi connectivity index (χ0v) is 9.32. The summed E-state index contributed by atoms with van der Waals surface area (Å²) in [5, 5.41) is 0. The predicted octanol–water partition coefficient (Wildman–Crippen LogP) is 3.11. The van der Waals surface area contributed by atoms with E-state index in [-0.39, 0.29) is 6.04 Å². The van der Waals surface area contributed by atoms with E-state index >= 15 is 0 Å². The summed E-state index contributed by atoms with van der Waals surface area (Å²) < 4.78 is 0. The van der Waals surface area contributed by atoms with Crippen LogP contribution < -0.4 is 5.73 Å². The summed E-state index contributed by atoms with van der Waals surface area (Å²) in [4.78, 5) is 0. The molecule has 0 aliphatic heterocycles. The molecule has 1 nitrogen and oxygen atoms in total. The van der Waals surface area contributed by atoms with Crippen LogP contribution in [0.25, 0.3) is 0 Å². The maximum Gasteiger partial charge on any atom is 0.0229 e. The first-order valence-corrected chi connectivity index (χ1v) is 5.78. The van der Waals surface area contributed by atoms with Gasteiger partial charge in [0.15, 0.2) is 0 Å². The van der Waals surface area contributed by atoms with Gasteiger partial charge in [0.05, 0.1) is 0 Å². The van der Waals surface area contributed by atoms with E-state index in [0.29, 0.717) is 5.92 Å². The average Bonchev–Trinajstić information content (AvgIpc) is 2.44. The van der Waals surface area contributed by atoms with E-state index in [1.807, 2.05) is 0 Å². The van der Waals surface area contributed by atoms with Crippen molar-refractivity contribution in [3.63, 3.8) is 0 Å². The standard InChI is InChI=1S/C14H19N/c1-11-5-7-13(8-6-11)12-3-2-4-14(15)10-9-12/h3,5,7-11,14H,2,4,6,15H2,1H3. The highest BCUT2D eigenvalue weighted by molar-refractivity contribution is 5.48. The Balaban J connectivity index is 2.14. The first-order valence-electron chi connectivity index (χ1n) is 5.78. The second-order valence-corrected chi connectivity index (χ2v) is 4.49. The van der Waals surface area contributed by atoms with Gasteiger partial charge < -0.3 is 5.73 Å². The summed E-state index contributed by atoms with van der Waals surface area (Å²) in [5.41, 5.74) is 8.59. The van der Waals surface area contributed by atoms with Gasteiger partial charge in [-0.05, 0) is 36.3 Å². The van der Waals surface area contributed by atoms with Crippen LogP contribution in [0.4, 0.5) is 0 Å². The lowest BCUT2D eigenvalue weighted by molar-refractivity contribution is 0.731. The van der Waals surface area contributed by atoms with E-state index in [4.69, 9.17) is 5.73 Å². The zero-order chi connectivity index (χ0) is 10.7. The molecule has 0 bridgehead atoms.